The van der Waals surface area contributed by atoms with Gasteiger partial charge in [-0.1, -0.05) is 63.8 Å². The van der Waals surface area contributed by atoms with Gasteiger partial charge in [-0.2, -0.15) is 0 Å². The summed E-state index contributed by atoms with van der Waals surface area (Å²) in [5, 5.41) is 11.5. The van der Waals surface area contributed by atoms with Crippen LogP contribution in [0.3, 0.4) is 0 Å². The molecule has 0 bridgehead atoms. The third-order valence-corrected chi connectivity index (χ3v) is 11.3. The van der Waals surface area contributed by atoms with Gasteiger partial charge in [0.2, 0.25) is 0 Å². The summed E-state index contributed by atoms with van der Waals surface area (Å²) < 4.78 is 10.4. The summed E-state index contributed by atoms with van der Waals surface area (Å²) in [6, 6.07) is 22.0. The third kappa shape index (κ3) is 12.8. The smallest absolute Gasteiger partial charge is 0.339 e. The molecular weight excluding hydrogens is 841 g/mol. The van der Waals surface area contributed by atoms with Crippen molar-refractivity contribution in [2.24, 2.45) is 10.8 Å². The van der Waals surface area contributed by atoms with Gasteiger partial charge in [0.05, 0.1) is 22.3 Å². The van der Waals surface area contributed by atoms with Gasteiger partial charge in [0.25, 0.3) is 23.6 Å². The first-order valence-electron chi connectivity index (χ1n) is 21.4. The summed E-state index contributed by atoms with van der Waals surface area (Å²) in [6.45, 7) is 17.7. The van der Waals surface area contributed by atoms with Gasteiger partial charge in [0.1, 0.15) is 0 Å². The molecular formula is C52H56N4O10. The minimum absolute atomic E-state index is 0.0803. The van der Waals surface area contributed by atoms with Gasteiger partial charge < -0.3 is 30.7 Å². The monoisotopic (exact) mass is 896 g/mol. The van der Waals surface area contributed by atoms with Gasteiger partial charge >= 0.3 is 11.9 Å². The van der Waals surface area contributed by atoms with E-state index in [1.54, 1.807) is 30.3 Å². The number of ketones is 2. The van der Waals surface area contributed by atoms with Crippen LogP contribution in [0.2, 0.25) is 0 Å². The Hall–Kier alpha value is -7.48. The average molecular weight is 897 g/mol. The fourth-order valence-corrected chi connectivity index (χ4v) is 8.20. The van der Waals surface area contributed by atoms with E-state index in [1.165, 1.54) is 57.3 Å². The molecule has 0 heterocycles. The Morgan fingerprint density at radius 1 is 0.636 bits per heavy atom. The molecule has 4 N–H and O–H groups in total. The molecule has 1 fully saturated rings. The number of aryl methyl sites for hydroxylation is 1. The maximum Gasteiger partial charge on any atom is 0.339 e. The number of amides is 4. The maximum absolute atomic E-state index is 14.0. The molecule has 1 aliphatic carbocycles. The Kier molecular flexibility index (Phi) is 15.8. The molecule has 0 radical (unpaired) electrons. The molecule has 4 aromatic carbocycles. The van der Waals surface area contributed by atoms with E-state index < -0.39 is 48.5 Å². The van der Waals surface area contributed by atoms with Crippen LogP contribution in [0.4, 0.5) is 5.69 Å². The van der Waals surface area contributed by atoms with E-state index in [4.69, 9.17) is 9.47 Å². The molecule has 5 rings (SSSR count). The van der Waals surface area contributed by atoms with Crippen molar-refractivity contribution in [3.63, 3.8) is 0 Å². The molecule has 4 aromatic rings. The second kappa shape index (κ2) is 21.0. The van der Waals surface area contributed by atoms with Gasteiger partial charge in [-0.05, 0) is 134 Å². The van der Waals surface area contributed by atoms with Crippen LogP contribution in [0.5, 0.6) is 0 Å². The first kappa shape index (κ1) is 49.5. The molecule has 1 aliphatic rings. The lowest BCUT2D eigenvalue weighted by Crippen LogP contribution is -2.50. The quantitative estimate of drug-likeness (QED) is 0.0603. The van der Waals surface area contributed by atoms with E-state index in [9.17, 15) is 38.4 Å². The molecule has 0 aromatic heterocycles. The van der Waals surface area contributed by atoms with Crippen molar-refractivity contribution in [2.75, 3.05) is 32.1 Å². The van der Waals surface area contributed by atoms with Crippen molar-refractivity contribution in [1.29, 1.82) is 0 Å². The van der Waals surface area contributed by atoms with Gasteiger partial charge in [-0.3, -0.25) is 28.8 Å². The number of Topliss-reactive ketones (excluding diaryl/α,β-unsaturated/α-hetero) is 2. The number of esters is 2. The van der Waals surface area contributed by atoms with Gasteiger partial charge in [-0.15, -0.1) is 0 Å². The first-order valence-corrected chi connectivity index (χ1v) is 21.4. The predicted octanol–water partition coefficient (Wildman–Crippen LogP) is 7.62. The highest BCUT2D eigenvalue weighted by atomic mass is 16.5. The van der Waals surface area contributed by atoms with Crippen molar-refractivity contribution in [3.05, 3.63) is 148 Å². The van der Waals surface area contributed by atoms with E-state index in [1.807, 2.05) is 25.1 Å². The molecule has 1 saturated carbocycles. The van der Waals surface area contributed by atoms with E-state index >= 15 is 0 Å². The van der Waals surface area contributed by atoms with Crippen LogP contribution in [0.1, 0.15) is 122 Å². The normalized spacial score (nSPS) is 16.1. The fraction of sp³-hybridized carbons (Fsp3) is 0.308. The minimum atomic E-state index is -0.961. The fourth-order valence-electron chi connectivity index (χ4n) is 8.20. The number of anilines is 1. The zero-order valence-electron chi connectivity index (χ0n) is 38.4. The van der Waals surface area contributed by atoms with E-state index in [0.717, 1.165) is 18.4 Å². The molecule has 0 aliphatic heterocycles. The number of carbonyl (C=O) groups excluding carboxylic acids is 8. The molecule has 0 spiro atoms. The highest BCUT2D eigenvalue weighted by Crippen LogP contribution is 2.46. The van der Waals surface area contributed by atoms with Gasteiger partial charge in [0, 0.05) is 36.4 Å². The van der Waals surface area contributed by atoms with E-state index in [0.29, 0.717) is 40.9 Å². The number of nitrogens with one attached hydrogen (secondary N) is 4. The van der Waals surface area contributed by atoms with Crippen LogP contribution in [0, 0.1) is 17.8 Å². The molecule has 14 heteroatoms. The summed E-state index contributed by atoms with van der Waals surface area (Å²) in [5.74, 6) is -4.70. The predicted molar refractivity (Wildman–Crippen MR) is 250 cm³/mol. The molecule has 4 amide bonds. The molecule has 0 saturated heterocycles. The second-order valence-corrected chi connectivity index (χ2v) is 18.0. The summed E-state index contributed by atoms with van der Waals surface area (Å²) in [6.07, 6.45) is 2.24. The van der Waals surface area contributed by atoms with Gasteiger partial charge in [-0.25, -0.2) is 9.59 Å². The number of ether oxygens (including phenoxy) is 2. The molecule has 14 nitrogen and oxygen atoms in total. The Balaban J connectivity index is 1.35. The highest BCUT2D eigenvalue weighted by molar-refractivity contribution is 6.13. The van der Waals surface area contributed by atoms with Gasteiger partial charge in [0.15, 0.2) is 24.8 Å². The topological polar surface area (TPSA) is 203 Å². The summed E-state index contributed by atoms with van der Waals surface area (Å²) in [4.78, 5) is 104. The number of rotatable bonds is 17. The summed E-state index contributed by atoms with van der Waals surface area (Å²) in [5.41, 5.74) is 2.42. The molecule has 344 valence electrons. The van der Waals surface area contributed by atoms with Crippen molar-refractivity contribution in [2.45, 2.75) is 66.8 Å². The number of benzene rings is 4. The van der Waals surface area contributed by atoms with Crippen molar-refractivity contribution >= 4 is 52.8 Å². The first-order chi connectivity index (χ1) is 31.1. The Bertz CT molecular complexity index is 2630. The molecule has 2 unspecified atom stereocenters. The van der Waals surface area contributed by atoms with Crippen LogP contribution in [0.15, 0.2) is 109 Å². The molecule has 66 heavy (non-hydrogen) atoms. The van der Waals surface area contributed by atoms with Crippen LogP contribution in [0.25, 0.3) is 11.1 Å². The van der Waals surface area contributed by atoms with Crippen molar-refractivity contribution in [1.82, 2.24) is 16.0 Å². The third-order valence-electron chi connectivity index (χ3n) is 11.3. The largest absolute Gasteiger partial charge is 0.454 e. The Labute approximate surface area is 384 Å². The summed E-state index contributed by atoms with van der Waals surface area (Å²) in [7, 11) is 1.38. The highest BCUT2D eigenvalue weighted by Gasteiger charge is 2.42. The second-order valence-electron chi connectivity index (χ2n) is 18.0. The minimum Gasteiger partial charge on any atom is -0.454 e. The Morgan fingerprint density at radius 2 is 1.18 bits per heavy atom. The lowest BCUT2D eigenvalue weighted by molar-refractivity contribution is -0.119. The van der Waals surface area contributed by atoms with Crippen LogP contribution < -0.4 is 21.3 Å². The maximum atomic E-state index is 14.0. The Morgan fingerprint density at radius 3 is 1.70 bits per heavy atom. The number of carbonyl (C=O) groups is 8. The van der Waals surface area contributed by atoms with Crippen LogP contribution in [-0.2, 0) is 19.1 Å². The SMILES string of the molecule is C=C(C)C(=O)COC(=O)c1ccc(-c2ccc(C(=O)OCC(=O)C(=C)C)c(C(=O)Nc3ccc(C(=O)NC4CC(C)(C)CC(C)(CNC(=O)c5cccc(C)c5)C4)cc3)c2)cc1C(=O)NC. The van der Waals surface area contributed by atoms with Crippen LogP contribution >= 0.6 is 0 Å². The number of hydrogen-bond donors (Lipinski definition) is 4. The standard InChI is InChI=1S/C52H56N4O10/c1-30(2)43(57)26-65-49(63)39-19-15-34(22-41(39)47(61)53-9)35-16-20-40(50(64)66-27-44(58)31(3)4)42(23-35)48(62)55-37-17-13-33(14-18-37)46(60)56-38-24-51(6,7)28-52(8,25-38)29-54-45(59)36-12-10-11-32(5)21-36/h10-23,38H,1,3,24-29H2,2,4-9H3,(H,53,61)(H,54,59)(H,55,62)(H,56,60). The molecule has 2 atom stereocenters. The average Bonchev–Trinajstić information content (AvgIpc) is 3.27. The van der Waals surface area contributed by atoms with Crippen molar-refractivity contribution < 1.29 is 47.8 Å². The van der Waals surface area contributed by atoms with Crippen LogP contribution in [-0.4, -0.2) is 80.0 Å². The lowest BCUT2D eigenvalue weighted by atomic mass is 9.62. The zero-order valence-corrected chi connectivity index (χ0v) is 38.4. The number of hydrogen-bond acceptors (Lipinski definition) is 10. The van der Waals surface area contributed by atoms with Crippen molar-refractivity contribution in [3.8, 4) is 11.1 Å². The van der Waals surface area contributed by atoms with E-state index in [2.05, 4.69) is 55.2 Å². The lowest BCUT2D eigenvalue weighted by Gasteiger charge is -2.47. The summed E-state index contributed by atoms with van der Waals surface area (Å²) >= 11 is 0. The van der Waals surface area contributed by atoms with E-state index in [-0.39, 0.29) is 62.1 Å². The zero-order chi connectivity index (χ0) is 48.5.